The average Bonchev–Trinajstić information content (AvgIpc) is 2.93. The molecule has 1 atom stereocenters. The van der Waals surface area contributed by atoms with Crippen LogP contribution in [0, 0.1) is 0 Å². The van der Waals surface area contributed by atoms with Gasteiger partial charge in [-0.15, -0.1) is 0 Å². The van der Waals surface area contributed by atoms with E-state index in [9.17, 15) is 18.0 Å². The molecule has 2 amide bonds. The SMILES string of the molecule is CCOc1ccccc1N(CC(=O)N(Cc1c(Cl)cccc1Cl)C(CC)C(=O)NC(C)(C)C)S(=O)(=O)c1ccc(Cl)cc1. The number of sulfonamides is 1. The molecule has 0 spiro atoms. The van der Waals surface area contributed by atoms with Gasteiger partial charge in [0.05, 0.1) is 17.2 Å². The van der Waals surface area contributed by atoms with E-state index in [4.69, 9.17) is 39.5 Å². The fourth-order valence-corrected chi connectivity index (χ4v) is 6.48. The van der Waals surface area contributed by atoms with Gasteiger partial charge in [-0.05, 0) is 82.6 Å². The molecule has 0 saturated carbocycles. The number of carbonyl (C=O) groups excluding carboxylic acids is 2. The fraction of sp³-hybridized carbons (Fsp3) is 0.355. The highest BCUT2D eigenvalue weighted by Crippen LogP contribution is 2.34. The number of nitrogens with one attached hydrogen (secondary N) is 1. The van der Waals surface area contributed by atoms with Crippen LogP contribution in [0.4, 0.5) is 5.69 Å². The second-order valence-electron chi connectivity index (χ2n) is 10.8. The highest BCUT2D eigenvalue weighted by atomic mass is 35.5. The third kappa shape index (κ3) is 8.79. The lowest BCUT2D eigenvalue weighted by Crippen LogP contribution is -2.55. The van der Waals surface area contributed by atoms with Crippen LogP contribution in [0.5, 0.6) is 5.75 Å². The van der Waals surface area contributed by atoms with Gasteiger partial charge in [0.15, 0.2) is 0 Å². The van der Waals surface area contributed by atoms with Crippen molar-refractivity contribution in [1.82, 2.24) is 10.2 Å². The number of benzene rings is 3. The molecule has 0 aromatic heterocycles. The van der Waals surface area contributed by atoms with Gasteiger partial charge in [-0.3, -0.25) is 13.9 Å². The van der Waals surface area contributed by atoms with Gasteiger partial charge < -0.3 is 15.0 Å². The molecule has 232 valence electrons. The van der Waals surface area contributed by atoms with Crippen LogP contribution in [0.2, 0.25) is 15.1 Å². The summed E-state index contributed by atoms with van der Waals surface area (Å²) in [6, 6.07) is 16.2. The summed E-state index contributed by atoms with van der Waals surface area (Å²) in [6.45, 7) is 8.54. The Kier molecular flexibility index (Phi) is 11.8. The molecule has 8 nitrogen and oxygen atoms in total. The van der Waals surface area contributed by atoms with Crippen LogP contribution in [0.15, 0.2) is 71.6 Å². The second-order valence-corrected chi connectivity index (χ2v) is 13.9. The molecule has 0 radical (unpaired) electrons. The first kappa shape index (κ1) is 34.5. The van der Waals surface area contributed by atoms with Gasteiger partial charge in [0.2, 0.25) is 11.8 Å². The molecule has 0 aliphatic carbocycles. The van der Waals surface area contributed by atoms with E-state index in [0.717, 1.165) is 4.31 Å². The minimum atomic E-state index is -4.32. The molecule has 0 aliphatic rings. The van der Waals surface area contributed by atoms with E-state index in [1.807, 2.05) is 20.8 Å². The molecule has 0 bridgehead atoms. The summed E-state index contributed by atoms with van der Waals surface area (Å²) in [4.78, 5) is 29.1. The Morgan fingerprint density at radius 2 is 1.51 bits per heavy atom. The van der Waals surface area contributed by atoms with Gasteiger partial charge in [0.25, 0.3) is 10.0 Å². The number of para-hydroxylation sites is 2. The number of hydrogen-bond acceptors (Lipinski definition) is 5. The Labute approximate surface area is 268 Å². The molecular formula is C31H36Cl3N3O5S. The number of ether oxygens (including phenoxy) is 1. The lowest BCUT2D eigenvalue weighted by atomic mass is 10.1. The lowest BCUT2D eigenvalue weighted by Gasteiger charge is -2.35. The van der Waals surface area contributed by atoms with Gasteiger partial charge in [-0.1, -0.05) is 59.9 Å². The number of carbonyl (C=O) groups is 2. The predicted molar refractivity (Wildman–Crippen MR) is 173 cm³/mol. The van der Waals surface area contributed by atoms with Crippen LogP contribution >= 0.6 is 34.8 Å². The Bertz CT molecular complexity index is 1520. The molecule has 1 unspecified atom stereocenters. The summed E-state index contributed by atoms with van der Waals surface area (Å²) in [7, 11) is -4.32. The highest BCUT2D eigenvalue weighted by Gasteiger charge is 2.36. The van der Waals surface area contributed by atoms with E-state index < -0.39 is 40.0 Å². The zero-order chi connectivity index (χ0) is 31.9. The first-order chi connectivity index (χ1) is 20.2. The number of halogens is 3. The maximum Gasteiger partial charge on any atom is 0.264 e. The minimum absolute atomic E-state index is 0.0748. The number of amides is 2. The Morgan fingerprint density at radius 1 is 0.907 bits per heavy atom. The van der Waals surface area contributed by atoms with Crippen molar-refractivity contribution in [2.24, 2.45) is 0 Å². The summed E-state index contributed by atoms with van der Waals surface area (Å²) in [5, 5.41) is 3.90. The quantitative estimate of drug-likeness (QED) is 0.225. The largest absolute Gasteiger partial charge is 0.492 e. The summed E-state index contributed by atoms with van der Waals surface area (Å²) in [5.74, 6) is -0.766. The second kappa shape index (κ2) is 14.7. The number of rotatable bonds is 12. The molecule has 3 rings (SSSR count). The van der Waals surface area contributed by atoms with Gasteiger partial charge >= 0.3 is 0 Å². The summed E-state index contributed by atoms with van der Waals surface area (Å²) in [6.07, 6.45) is 0.245. The average molecular weight is 669 g/mol. The monoisotopic (exact) mass is 667 g/mol. The number of hydrogen-bond donors (Lipinski definition) is 1. The molecule has 43 heavy (non-hydrogen) atoms. The Morgan fingerprint density at radius 3 is 2.07 bits per heavy atom. The van der Waals surface area contributed by atoms with Gasteiger partial charge in [-0.2, -0.15) is 0 Å². The van der Waals surface area contributed by atoms with Crippen molar-refractivity contribution in [3.05, 3.63) is 87.4 Å². The number of nitrogens with zero attached hydrogens (tertiary/aromatic N) is 2. The third-order valence-electron chi connectivity index (χ3n) is 6.39. The minimum Gasteiger partial charge on any atom is -0.492 e. The molecule has 1 N–H and O–H groups in total. The van der Waals surface area contributed by atoms with Crippen LogP contribution in [-0.2, 0) is 26.2 Å². The standard InChI is InChI=1S/C31H36Cl3N3O5S/c1-6-26(30(39)35-31(3,4)5)36(19-23-24(33)11-10-12-25(23)34)29(38)20-37(27-13-8-9-14-28(27)42-7-2)43(40,41)22-17-15-21(32)16-18-22/h8-18,26H,6-7,19-20H2,1-5H3,(H,35,39). The van der Waals surface area contributed by atoms with Crippen LogP contribution in [0.3, 0.4) is 0 Å². The molecule has 3 aromatic carbocycles. The molecular weight excluding hydrogens is 633 g/mol. The van der Waals surface area contributed by atoms with E-state index in [1.54, 1.807) is 56.3 Å². The molecule has 3 aromatic rings. The lowest BCUT2D eigenvalue weighted by molar-refractivity contribution is -0.141. The molecule has 0 heterocycles. The van der Waals surface area contributed by atoms with Crippen molar-refractivity contribution >= 4 is 62.3 Å². The van der Waals surface area contributed by atoms with Crippen LogP contribution in [0.25, 0.3) is 0 Å². The molecule has 0 aliphatic heterocycles. The zero-order valence-electron chi connectivity index (χ0n) is 24.7. The first-order valence-electron chi connectivity index (χ1n) is 13.7. The highest BCUT2D eigenvalue weighted by molar-refractivity contribution is 7.92. The normalized spacial score (nSPS) is 12.4. The summed E-state index contributed by atoms with van der Waals surface area (Å²) < 4.78 is 35.0. The zero-order valence-corrected chi connectivity index (χ0v) is 27.8. The van der Waals surface area contributed by atoms with E-state index in [1.165, 1.54) is 29.2 Å². The van der Waals surface area contributed by atoms with Crippen molar-refractivity contribution in [3.8, 4) is 5.75 Å². The summed E-state index contributed by atoms with van der Waals surface area (Å²) >= 11 is 19.0. The van der Waals surface area contributed by atoms with E-state index in [0.29, 0.717) is 20.6 Å². The Hall–Kier alpha value is -2.98. The fourth-order valence-electron chi connectivity index (χ4n) is 4.41. The first-order valence-corrected chi connectivity index (χ1v) is 16.3. The van der Waals surface area contributed by atoms with E-state index >= 15 is 0 Å². The smallest absolute Gasteiger partial charge is 0.264 e. The number of anilines is 1. The van der Waals surface area contributed by atoms with E-state index in [2.05, 4.69) is 5.32 Å². The van der Waals surface area contributed by atoms with Crippen molar-refractivity contribution in [3.63, 3.8) is 0 Å². The van der Waals surface area contributed by atoms with Crippen molar-refractivity contribution in [2.75, 3.05) is 17.5 Å². The van der Waals surface area contributed by atoms with Crippen LogP contribution < -0.4 is 14.4 Å². The van der Waals surface area contributed by atoms with Crippen molar-refractivity contribution < 1.29 is 22.7 Å². The molecule has 0 fully saturated rings. The van der Waals surface area contributed by atoms with Crippen molar-refractivity contribution in [2.45, 2.75) is 64.1 Å². The Balaban J connectivity index is 2.16. The van der Waals surface area contributed by atoms with Crippen LogP contribution in [0.1, 0.15) is 46.6 Å². The van der Waals surface area contributed by atoms with Gasteiger partial charge in [0, 0.05) is 32.7 Å². The molecule has 0 saturated heterocycles. The molecule has 12 heteroatoms. The third-order valence-corrected chi connectivity index (χ3v) is 9.12. The van der Waals surface area contributed by atoms with Crippen LogP contribution in [-0.4, -0.2) is 49.9 Å². The summed E-state index contributed by atoms with van der Waals surface area (Å²) in [5.41, 5.74) is 0.0142. The van der Waals surface area contributed by atoms with E-state index in [-0.39, 0.29) is 35.9 Å². The maximum atomic E-state index is 14.3. The van der Waals surface area contributed by atoms with Crippen molar-refractivity contribution in [1.29, 1.82) is 0 Å². The van der Waals surface area contributed by atoms with Gasteiger partial charge in [0.1, 0.15) is 18.3 Å². The predicted octanol–water partition coefficient (Wildman–Crippen LogP) is 6.96. The van der Waals surface area contributed by atoms with Gasteiger partial charge in [-0.25, -0.2) is 8.42 Å². The maximum absolute atomic E-state index is 14.3. The topological polar surface area (TPSA) is 96.0 Å².